The Balaban J connectivity index is 2.67. The van der Waals surface area contributed by atoms with Crippen LogP contribution in [0.5, 0.6) is 0 Å². The van der Waals surface area contributed by atoms with E-state index in [0.29, 0.717) is 13.1 Å². The number of nitrogens with zero attached hydrogens (tertiary/aromatic N) is 1. The fourth-order valence-electron chi connectivity index (χ4n) is 1.34. The number of hydrogen-bond acceptors (Lipinski definition) is 3. The van der Waals surface area contributed by atoms with Gasteiger partial charge in [-0.25, -0.2) is 0 Å². The molecule has 0 aliphatic carbocycles. The van der Waals surface area contributed by atoms with Crippen LogP contribution < -0.4 is 11.1 Å². The number of nitrogens with two attached hydrogens (primary N) is 1. The number of carbonyl (C=O) groups is 2. The molecule has 2 amide bonds. The zero-order valence-electron chi connectivity index (χ0n) is 7.04. The smallest absolute Gasteiger partial charge is 0.241 e. The van der Waals surface area contributed by atoms with Crippen LogP contribution in [0.3, 0.4) is 0 Å². The lowest BCUT2D eigenvalue weighted by atomic mass is 10.2. The molecule has 1 fully saturated rings. The third kappa shape index (κ3) is 1.73. The first-order valence-electron chi connectivity index (χ1n) is 3.90. The van der Waals surface area contributed by atoms with Crippen LogP contribution in [-0.2, 0) is 9.59 Å². The van der Waals surface area contributed by atoms with Gasteiger partial charge in [0.2, 0.25) is 11.8 Å². The van der Waals surface area contributed by atoms with Crippen molar-refractivity contribution in [3.8, 4) is 0 Å². The molecule has 0 aromatic carbocycles. The molecule has 1 heterocycles. The molecule has 68 valence electrons. The van der Waals surface area contributed by atoms with Gasteiger partial charge in [0.15, 0.2) is 0 Å². The summed E-state index contributed by atoms with van der Waals surface area (Å²) in [4.78, 5) is 23.4. The van der Waals surface area contributed by atoms with Crippen LogP contribution in [-0.4, -0.2) is 42.4 Å². The van der Waals surface area contributed by atoms with E-state index in [0.717, 1.165) is 6.54 Å². The largest absolute Gasteiger partial charge is 0.368 e. The van der Waals surface area contributed by atoms with Gasteiger partial charge in [0.25, 0.3) is 0 Å². The van der Waals surface area contributed by atoms with Crippen LogP contribution in [0.15, 0.2) is 0 Å². The molecule has 3 N–H and O–H groups in total. The lowest BCUT2D eigenvalue weighted by molar-refractivity contribution is -0.138. The van der Waals surface area contributed by atoms with Gasteiger partial charge in [-0.05, 0) is 0 Å². The molecule has 1 atom stereocenters. The van der Waals surface area contributed by atoms with Crippen LogP contribution in [0.25, 0.3) is 0 Å². The average molecular weight is 171 g/mol. The number of carbonyl (C=O) groups excluding carboxylic acids is 2. The predicted octanol–water partition coefficient (Wildman–Crippen LogP) is -1.71. The monoisotopic (exact) mass is 171 g/mol. The Labute approximate surface area is 70.9 Å². The summed E-state index contributed by atoms with van der Waals surface area (Å²) in [5.74, 6) is -0.544. The minimum Gasteiger partial charge on any atom is -0.368 e. The fourth-order valence-corrected chi connectivity index (χ4v) is 1.34. The predicted molar refractivity (Wildman–Crippen MR) is 43.2 cm³/mol. The molecular weight excluding hydrogens is 158 g/mol. The molecule has 0 spiro atoms. The minimum absolute atomic E-state index is 0.0969. The molecule has 0 bridgehead atoms. The van der Waals surface area contributed by atoms with Gasteiger partial charge in [0.1, 0.15) is 6.04 Å². The van der Waals surface area contributed by atoms with Crippen molar-refractivity contribution in [1.82, 2.24) is 10.2 Å². The molecule has 0 aromatic heterocycles. The molecule has 1 aliphatic heterocycles. The summed E-state index contributed by atoms with van der Waals surface area (Å²) in [5.41, 5.74) is 5.12. The van der Waals surface area contributed by atoms with Crippen molar-refractivity contribution in [2.75, 3.05) is 19.6 Å². The highest BCUT2D eigenvalue weighted by atomic mass is 16.2. The van der Waals surface area contributed by atoms with E-state index in [1.54, 1.807) is 0 Å². The molecular formula is C7H13N3O2. The van der Waals surface area contributed by atoms with Crippen molar-refractivity contribution in [1.29, 1.82) is 0 Å². The van der Waals surface area contributed by atoms with Gasteiger partial charge >= 0.3 is 0 Å². The standard InChI is InChI=1S/C7H13N3O2/c1-5(11)10-3-2-9-4-6(10)7(8)12/h6,9H,2-4H2,1H3,(H2,8,12)/t6-/m0/s1. The lowest BCUT2D eigenvalue weighted by Crippen LogP contribution is -2.58. The summed E-state index contributed by atoms with van der Waals surface area (Å²) in [5, 5.41) is 3.01. The van der Waals surface area contributed by atoms with E-state index in [1.807, 2.05) is 0 Å². The first kappa shape index (κ1) is 8.99. The highest BCUT2D eigenvalue weighted by Gasteiger charge is 2.28. The number of hydrogen-bond donors (Lipinski definition) is 2. The summed E-state index contributed by atoms with van der Waals surface area (Å²) in [6, 6.07) is -0.476. The molecule has 1 rings (SSSR count). The Morgan fingerprint density at radius 3 is 2.67 bits per heavy atom. The molecule has 5 nitrogen and oxygen atoms in total. The second kappa shape index (κ2) is 3.53. The van der Waals surface area contributed by atoms with E-state index >= 15 is 0 Å². The van der Waals surface area contributed by atoms with Gasteiger partial charge in [0, 0.05) is 26.6 Å². The van der Waals surface area contributed by atoms with Crippen molar-refractivity contribution in [2.24, 2.45) is 5.73 Å². The second-order valence-corrected chi connectivity index (χ2v) is 2.83. The van der Waals surface area contributed by atoms with Crippen LogP contribution in [0.1, 0.15) is 6.92 Å². The van der Waals surface area contributed by atoms with Crippen molar-refractivity contribution in [3.63, 3.8) is 0 Å². The Bertz CT molecular complexity index is 183. The van der Waals surface area contributed by atoms with Crippen LogP contribution in [0.4, 0.5) is 0 Å². The molecule has 0 saturated carbocycles. The second-order valence-electron chi connectivity index (χ2n) is 2.83. The van der Waals surface area contributed by atoms with Crippen molar-refractivity contribution < 1.29 is 9.59 Å². The van der Waals surface area contributed by atoms with Crippen molar-refractivity contribution in [2.45, 2.75) is 13.0 Å². The van der Waals surface area contributed by atoms with Crippen molar-refractivity contribution in [3.05, 3.63) is 0 Å². The number of rotatable bonds is 1. The maximum absolute atomic E-state index is 11.0. The average Bonchev–Trinajstić information content (AvgIpc) is 2.04. The molecule has 0 radical (unpaired) electrons. The van der Waals surface area contributed by atoms with E-state index in [9.17, 15) is 9.59 Å². The SMILES string of the molecule is CC(=O)N1CCNC[C@H]1C(N)=O. The van der Waals surface area contributed by atoms with E-state index in [2.05, 4.69) is 5.32 Å². The first-order valence-corrected chi connectivity index (χ1v) is 3.90. The lowest BCUT2D eigenvalue weighted by Gasteiger charge is -2.33. The molecule has 0 aromatic rings. The summed E-state index contributed by atoms with van der Waals surface area (Å²) < 4.78 is 0. The Morgan fingerprint density at radius 2 is 2.25 bits per heavy atom. The van der Waals surface area contributed by atoms with Gasteiger partial charge < -0.3 is 16.0 Å². The van der Waals surface area contributed by atoms with Gasteiger partial charge in [0.05, 0.1) is 0 Å². The Morgan fingerprint density at radius 1 is 1.58 bits per heavy atom. The summed E-state index contributed by atoms with van der Waals surface area (Å²) >= 11 is 0. The molecule has 0 unspecified atom stereocenters. The molecule has 12 heavy (non-hydrogen) atoms. The summed E-state index contributed by atoms with van der Waals surface area (Å²) in [7, 11) is 0. The van der Waals surface area contributed by atoms with Crippen LogP contribution in [0, 0.1) is 0 Å². The quantitative estimate of drug-likeness (QED) is 0.493. The highest BCUT2D eigenvalue weighted by molar-refractivity contribution is 5.86. The molecule has 5 heteroatoms. The third-order valence-electron chi connectivity index (χ3n) is 1.98. The Kier molecular flexibility index (Phi) is 2.65. The number of nitrogens with one attached hydrogen (secondary N) is 1. The van der Waals surface area contributed by atoms with E-state index in [-0.39, 0.29) is 5.91 Å². The van der Waals surface area contributed by atoms with E-state index in [4.69, 9.17) is 5.73 Å². The van der Waals surface area contributed by atoms with Gasteiger partial charge in [-0.3, -0.25) is 9.59 Å². The zero-order chi connectivity index (χ0) is 9.14. The number of amides is 2. The summed E-state index contributed by atoms with van der Waals surface area (Å²) in [6.45, 7) is 3.20. The topological polar surface area (TPSA) is 75.4 Å². The molecule has 1 saturated heterocycles. The fraction of sp³-hybridized carbons (Fsp3) is 0.714. The van der Waals surface area contributed by atoms with Gasteiger partial charge in [-0.15, -0.1) is 0 Å². The Hall–Kier alpha value is -1.10. The normalized spacial score (nSPS) is 23.8. The third-order valence-corrected chi connectivity index (χ3v) is 1.98. The zero-order valence-corrected chi connectivity index (χ0v) is 7.04. The highest BCUT2D eigenvalue weighted by Crippen LogP contribution is 2.02. The number of piperazine rings is 1. The van der Waals surface area contributed by atoms with E-state index < -0.39 is 11.9 Å². The first-order chi connectivity index (χ1) is 5.63. The van der Waals surface area contributed by atoms with Gasteiger partial charge in [-0.2, -0.15) is 0 Å². The van der Waals surface area contributed by atoms with Crippen LogP contribution in [0.2, 0.25) is 0 Å². The minimum atomic E-state index is -0.476. The van der Waals surface area contributed by atoms with Crippen molar-refractivity contribution >= 4 is 11.8 Å². The van der Waals surface area contributed by atoms with Gasteiger partial charge in [-0.1, -0.05) is 0 Å². The summed E-state index contributed by atoms with van der Waals surface area (Å²) in [6.07, 6.45) is 0. The van der Waals surface area contributed by atoms with Crippen LogP contribution >= 0.6 is 0 Å². The molecule has 1 aliphatic rings. The maximum Gasteiger partial charge on any atom is 0.241 e. The maximum atomic E-state index is 11.0. The number of primary amides is 1. The van der Waals surface area contributed by atoms with E-state index in [1.165, 1.54) is 11.8 Å².